The molecule has 6 nitrogen and oxygen atoms in total. The Labute approximate surface area is 144 Å². The van der Waals surface area contributed by atoms with Crippen molar-refractivity contribution in [3.63, 3.8) is 0 Å². The van der Waals surface area contributed by atoms with E-state index in [1.165, 1.54) is 0 Å². The molecule has 128 valence electrons. The quantitative estimate of drug-likeness (QED) is 0.218. The van der Waals surface area contributed by atoms with Crippen LogP contribution in [0, 0.1) is 0 Å². The zero-order valence-corrected chi connectivity index (χ0v) is 13.8. The topological polar surface area (TPSA) is 80.5 Å². The van der Waals surface area contributed by atoms with Crippen molar-refractivity contribution in [2.45, 2.75) is 12.8 Å². The van der Waals surface area contributed by atoms with Crippen molar-refractivity contribution in [1.82, 2.24) is 0 Å². The fraction of sp³-hybridized carbons (Fsp3) is 0.235. The van der Waals surface area contributed by atoms with E-state index in [2.05, 4.69) is 14.4 Å². The number of aliphatic imine (C=N–C) groups is 1. The first-order valence-electron chi connectivity index (χ1n) is 7.43. The monoisotopic (exact) mass is 349 g/mol. The number of benzene rings is 2. The number of unbranched alkanes of at least 4 members (excludes halogenated alkanes) is 1. The molecule has 0 heterocycles. The maximum atomic E-state index is 9.23. The van der Waals surface area contributed by atoms with Crippen LogP contribution < -0.4 is 4.74 Å². The standard InChI is InChI=1S/C17H19NO5S/c19-16-7-3-14(4-8-16)13-18-15-5-9-17(10-6-15)21-11-1-2-12-24-23-22-20/h3-10,13,19-20H,1-2,11-12H2/b18-13+. The van der Waals surface area contributed by atoms with Gasteiger partial charge in [-0.15, -0.1) is 4.33 Å². The maximum Gasteiger partial charge on any atom is 0.119 e. The van der Waals surface area contributed by atoms with Gasteiger partial charge < -0.3 is 9.84 Å². The van der Waals surface area contributed by atoms with Crippen LogP contribution in [0.5, 0.6) is 11.5 Å². The summed E-state index contributed by atoms with van der Waals surface area (Å²) in [6, 6.07) is 14.4. The second kappa shape index (κ2) is 10.7. The van der Waals surface area contributed by atoms with Crippen molar-refractivity contribution < 1.29 is 24.5 Å². The van der Waals surface area contributed by atoms with Gasteiger partial charge in [0.1, 0.15) is 11.5 Å². The second-order valence-electron chi connectivity index (χ2n) is 4.86. The summed E-state index contributed by atoms with van der Waals surface area (Å²) in [5.74, 6) is 1.75. The van der Waals surface area contributed by atoms with Gasteiger partial charge in [-0.25, -0.2) is 5.26 Å². The molecule has 0 spiro atoms. The molecule has 0 atom stereocenters. The predicted octanol–water partition coefficient (Wildman–Crippen LogP) is 4.37. The number of rotatable bonds is 10. The fourth-order valence-electron chi connectivity index (χ4n) is 1.85. The SMILES string of the molecule is OOOSCCCCOc1ccc(/N=C/c2ccc(O)cc2)cc1. The molecule has 2 aromatic carbocycles. The van der Waals surface area contributed by atoms with Crippen molar-refractivity contribution >= 4 is 23.9 Å². The fourth-order valence-corrected chi connectivity index (χ4v) is 2.28. The minimum atomic E-state index is 0.238. The lowest BCUT2D eigenvalue weighted by Crippen LogP contribution is -1.97. The molecule has 0 aromatic heterocycles. The molecule has 0 aliphatic carbocycles. The van der Waals surface area contributed by atoms with Gasteiger partial charge >= 0.3 is 0 Å². The molecule has 24 heavy (non-hydrogen) atoms. The highest BCUT2D eigenvalue weighted by Crippen LogP contribution is 2.19. The highest BCUT2D eigenvalue weighted by Gasteiger charge is 1.96. The lowest BCUT2D eigenvalue weighted by Gasteiger charge is -2.05. The Morgan fingerprint density at radius 1 is 1.00 bits per heavy atom. The van der Waals surface area contributed by atoms with Crippen molar-refractivity contribution in [2.75, 3.05) is 12.4 Å². The van der Waals surface area contributed by atoms with Gasteiger partial charge in [-0.2, -0.15) is 0 Å². The Balaban J connectivity index is 1.71. The van der Waals surface area contributed by atoms with Crippen LogP contribution in [-0.2, 0) is 9.37 Å². The third kappa shape index (κ3) is 7.01. The summed E-state index contributed by atoms with van der Waals surface area (Å²) in [7, 11) is 0. The zero-order chi connectivity index (χ0) is 17.0. The number of phenols is 1. The average Bonchev–Trinajstić information content (AvgIpc) is 2.61. The molecule has 0 fully saturated rings. The van der Waals surface area contributed by atoms with Crippen LogP contribution in [0.2, 0.25) is 0 Å². The number of nitrogens with zero attached hydrogens (tertiary/aromatic N) is 1. The molecule has 2 N–H and O–H groups in total. The summed E-state index contributed by atoms with van der Waals surface area (Å²) in [4.78, 5) is 4.37. The predicted molar refractivity (Wildman–Crippen MR) is 93.8 cm³/mol. The zero-order valence-electron chi connectivity index (χ0n) is 13.0. The van der Waals surface area contributed by atoms with Gasteiger partial charge in [-0.05, 0) is 66.9 Å². The van der Waals surface area contributed by atoms with Crippen molar-refractivity contribution in [3.8, 4) is 11.5 Å². The molecule has 0 aliphatic rings. The number of phenolic OH excluding ortho intramolecular Hbond substituents is 1. The van der Waals surface area contributed by atoms with E-state index in [0.717, 1.165) is 47.6 Å². The molecule has 0 radical (unpaired) electrons. The summed E-state index contributed by atoms with van der Waals surface area (Å²) in [6.07, 6.45) is 3.51. The van der Waals surface area contributed by atoms with Crippen LogP contribution in [-0.4, -0.2) is 28.9 Å². The number of aromatic hydroxyl groups is 1. The maximum absolute atomic E-state index is 9.23. The van der Waals surface area contributed by atoms with Gasteiger partial charge in [-0.1, -0.05) is 5.04 Å². The largest absolute Gasteiger partial charge is 0.508 e. The summed E-state index contributed by atoms with van der Waals surface area (Å²) >= 11 is 1.05. The molecule has 0 unspecified atom stereocenters. The highest BCUT2D eigenvalue weighted by molar-refractivity contribution is 7.94. The van der Waals surface area contributed by atoms with Crippen LogP contribution in [0.3, 0.4) is 0 Å². The Morgan fingerprint density at radius 2 is 1.75 bits per heavy atom. The molecule has 0 saturated carbocycles. The van der Waals surface area contributed by atoms with Gasteiger partial charge in [0, 0.05) is 24.0 Å². The molecular weight excluding hydrogens is 330 g/mol. The van der Waals surface area contributed by atoms with Gasteiger partial charge in [0.15, 0.2) is 0 Å². The first kappa shape index (κ1) is 18.3. The minimum Gasteiger partial charge on any atom is -0.508 e. The summed E-state index contributed by atoms with van der Waals surface area (Å²) in [5, 5.41) is 20.7. The van der Waals surface area contributed by atoms with Crippen LogP contribution >= 0.6 is 12.0 Å². The summed E-state index contributed by atoms with van der Waals surface area (Å²) in [6.45, 7) is 0.608. The van der Waals surface area contributed by atoms with E-state index in [-0.39, 0.29) is 5.75 Å². The molecule has 0 aliphatic heterocycles. The van der Waals surface area contributed by atoms with Crippen LogP contribution in [0.4, 0.5) is 5.69 Å². The van der Waals surface area contributed by atoms with Crippen molar-refractivity contribution in [1.29, 1.82) is 0 Å². The Bertz CT molecular complexity index is 616. The van der Waals surface area contributed by atoms with Crippen LogP contribution in [0.15, 0.2) is 53.5 Å². The molecule has 7 heteroatoms. The van der Waals surface area contributed by atoms with E-state index in [4.69, 9.17) is 9.99 Å². The molecule has 2 rings (SSSR count). The van der Waals surface area contributed by atoms with E-state index >= 15 is 0 Å². The molecule has 0 bridgehead atoms. The van der Waals surface area contributed by atoms with Gasteiger partial charge in [0.25, 0.3) is 0 Å². The van der Waals surface area contributed by atoms with E-state index in [9.17, 15) is 5.11 Å². The van der Waals surface area contributed by atoms with Crippen LogP contribution in [0.25, 0.3) is 0 Å². The Kier molecular flexibility index (Phi) is 8.12. The summed E-state index contributed by atoms with van der Waals surface area (Å²) < 4.78 is 9.91. The van der Waals surface area contributed by atoms with Gasteiger partial charge in [0.05, 0.1) is 12.3 Å². The third-order valence-corrected chi connectivity index (χ3v) is 3.67. The second-order valence-corrected chi connectivity index (χ2v) is 5.64. The normalized spacial score (nSPS) is 11.0. The molecular formula is C17H19NO5S. The molecule has 2 aromatic rings. The highest BCUT2D eigenvalue weighted by atomic mass is 32.2. The van der Waals surface area contributed by atoms with E-state index in [0.29, 0.717) is 6.61 Å². The van der Waals surface area contributed by atoms with E-state index in [1.54, 1.807) is 30.5 Å². The lowest BCUT2D eigenvalue weighted by molar-refractivity contribution is -0.432. The Morgan fingerprint density at radius 3 is 2.46 bits per heavy atom. The number of ether oxygens (including phenoxy) is 1. The number of hydrogen-bond donors (Lipinski definition) is 2. The lowest BCUT2D eigenvalue weighted by atomic mass is 10.2. The third-order valence-electron chi connectivity index (χ3n) is 3.06. The minimum absolute atomic E-state index is 0.238. The summed E-state index contributed by atoms with van der Waals surface area (Å²) in [5.41, 5.74) is 1.74. The number of hydrogen-bond acceptors (Lipinski definition) is 7. The van der Waals surface area contributed by atoms with Crippen molar-refractivity contribution in [3.05, 3.63) is 54.1 Å². The van der Waals surface area contributed by atoms with Crippen LogP contribution in [0.1, 0.15) is 18.4 Å². The van der Waals surface area contributed by atoms with Gasteiger partial charge in [0.2, 0.25) is 0 Å². The Hall–Kier alpha value is -2.06. The van der Waals surface area contributed by atoms with E-state index < -0.39 is 0 Å². The molecule has 0 amide bonds. The smallest absolute Gasteiger partial charge is 0.119 e. The first-order valence-corrected chi connectivity index (χ1v) is 8.34. The van der Waals surface area contributed by atoms with E-state index in [1.807, 2.05) is 24.3 Å². The molecule has 0 saturated heterocycles. The van der Waals surface area contributed by atoms with Crippen molar-refractivity contribution in [2.24, 2.45) is 4.99 Å². The first-order chi connectivity index (χ1) is 11.8. The van der Waals surface area contributed by atoms with Gasteiger partial charge in [-0.3, -0.25) is 4.99 Å². The average molecular weight is 349 g/mol.